The van der Waals surface area contributed by atoms with Crippen LogP contribution in [0.1, 0.15) is 186 Å². The molecule has 2 saturated carbocycles. The topological polar surface area (TPSA) is 0 Å². The maximum absolute atomic E-state index is 3.31. The summed E-state index contributed by atoms with van der Waals surface area (Å²) in [6, 6.07) is 30.4. The summed E-state index contributed by atoms with van der Waals surface area (Å²) in [6.07, 6.45) is 17.4. The average Bonchev–Trinajstić information content (AvgIpc) is 4.00. The molecule has 1 heterocycles. The molecule has 1 aliphatic heterocycles. The monoisotopic (exact) mass is 981 g/mol. The van der Waals surface area contributed by atoms with Gasteiger partial charge in [-0.05, 0) is 0 Å². The maximum atomic E-state index is 2.95. The quantitative estimate of drug-likeness (QED) is 0.179. The molecule has 0 spiro atoms. The fourth-order valence-corrected chi connectivity index (χ4v) is 47.2. The zero-order valence-electron chi connectivity index (χ0n) is 40.0. The molecule has 3 fully saturated rings. The van der Waals surface area contributed by atoms with Gasteiger partial charge in [0.2, 0.25) is 0 Å². The van der Waals surface area contributed by atoms with E-state index in [4.69, 9.17) is 0 Å². The van der Waals surface area contributed by atoms with Gasteiger partial charge in [-0.25, -0.2) is 0 Å². The molecule has 9 rings (SSSR count). The van der Waals surface area contributed by atoms with Gasteiger partial charge in [0, 0.05) is 0 Å². The van der Waals surface area contributed by atoms with Crippen molar-refractivity contribution in [3.8, 4) is 22.3 Å². The predicted molar refractivity (Wildman–Crippen MR) is 262 cm³/mol. The number of hydrogen-bond acceptors (Lipinski definition) is 0. The van der Waals surface area contributed by atoms with Gasteiger partial charge in [-0.3, -0.25) is 0 Å². The molecule has 2 atom stereocenters. The van der Waals surface area contributed by atoms with E-state index in [1.807, 2.05) is 10.4 Å². The molecule has 2 unspecified atom stereocenters. The van der Waals surface area contributed by atoms with Crippen LogP contribution in [-0.4, -0.2) is 8.07 Å². The first-order valence-electron chi connectivity index (χ1n) is 24.0. The Bertz CT molecular complexity index is 2180. The van der Waals surface area contributed by atoms with Crippen LogP contribution in [0.3, 0.4) is 0 Å². The first kappa shape index (κ1) is 42.7. The standard InChI is InChI=1S/C56H70Si.2CH3.Hf/c1-53(2,3)41-27-39(28-42(33-41)54(4,5)6)49-25-17-19-37-31-47(35-51(37)49)57(45-21-13-14-22-45,46-23-15-16-24-46)48-32-38-20-18-26-50(52(38)36-48)40-29-43(55(7,8)9)34-44(30-40)56(10,11)12;;;/h17-20,25-36,45-46H,13-16,21-24H2,1-12H3;2*1H3;. The Morgan fingerprint density at radius 1 is 0.450 bits per heavy atom. The third kappa shape index (κ3) is 6.80. The first-order valence-corrected chi connectivity index (χ1v) is 37.5. The van der Waals surface area contributed by atoms with Crippen LogP contribution in [0.5, 0.6) is 0 Å². The Morgan fingerprint density at radius 3 is 1.07 bits per heavy atom. The van der Waals surface area contributed by atoms with Gasteiger partial charge in [0.25, 0.3) is 0 Å². The molecule has 2 heteroatoms. The van der Waals surface area contributed by atoms with Gasteiger partial charge in [-0.2, -0.15) is 0 Å². The van der Waals surface area contributed by atoms with Crippen molar-refractivity contribution >= 4 is 20.2 Å². The van der Waals surface area contributed by atoms with Crippen LogP contribution in [0.25, 0.3) is 34.4 Å². The second-order valence-electron chi connectivity index (χ2n) is 24.9. The van der Waals surface area contributed by atoms with E-state index in [9.17, 15) is 0 Å². The van der Waals surface area contributed by atoms with Crippen molar-refractivity contribution < 1.29 is 20.0 Å². The molecule has 5 aliphatic rings. The van der Waals surface area contributed by atoms with Gasteiger partial charge in [-0.15, -0.1) is 0 Å². The van der Waals surface area contributed by atoms with Crippen LogP contribution in [0.15, 0.2) is 83.2 Å². The molecule has 0 N–H and O–H groups in total. The van der Waals surface area contributed by atoms with Crippen LogP contribution >= 0.6 is 0 Å². The number of benzene rings is 4. The van der Waals surface area contributed by atoms with Gasteiger partial charge in [0.1, 0.15) is 0 Å². The molecule has 60 heavy (non-hydrogen) atoms. The fourth-order valence-electron chi connectivity index (χ4n) is 13.3. The zero-order valence-corrected chi connectivity index (χ0v) is 44.6. The molecule has 4 aromatic carbocycles. The molecular formula is C58H76HfSi. The summed E-state index contributed by atoms with van der Waals surface area (Å²) >= 11 is -3.31. The van der Waals surface area contributed by atoms with Gasteiger partial charge in [0.15, 0.2) is 0 Å². The van der Waals surface area contributed by atoms with Gasteiger partial charge >= 0.3 is 374 Å². The van der Waals surface area contributed by atoms with E-state index in [0.717, 1.165) is 11.1 Å². The van der Waals surface area contributed by atoms with Crippen LogP contribution in [-0.2, 0) is 41.6 Å². The molecule has 0 amide bonds. The number of hydrogen-bond donors (Lipinski definition) is 0. The summed E-state index contributed by atoms with van der Waals surface area (Å²) in [5.41, 5.74) is 20.4. The van der Waals surface area contributed by atoms with Gasteiger partial charge in [-0.1, -0.05) is 0 Å². The summed E-state index contributed by atoms with van der Waals surface area (Å²) in [5, 5.41) is 4.06. The molecule has 316 valence electrons. The molecular weight excluding hydrogens is 903 g/mol. The minimum absolute atomic E-state index is 0.0883. The van der Waals surface area contributed by atoms with Crippen molar-refractivity contribution in [1.82, 2.24) is 0 Å². The summed E-state index contributed by atoms with van der Waals surface area (Å²) in [4.78, 5) is 0. The summed E-state index contributed by atoms with van der Waals surface area (Å²) < 4.78 is 7.15. The van der Waals surface area contributed by atoms with Crippen LogP contribution < -0.4 is 0 Å². The van der Waals surface area contributed by atoms with E-state index in [1.165, 1.54) is 95.9 Å². The Kier molecular flexibility index (Phi) is 10.3. The Balaban J connectivity index is 1.31. The molecule has 0 nitrogen and oxygen atoms in total. The average molecular weight is 980 g/mol. The van der Waals surface area contributed by atoms with Gasteiger partial charge in [0.05, 0.1) is 0 Å². The SMILES string of the molecule is CC(C)(C)c1cc(-c2cccc3c2C=C2[CH]3[Hf]([CH3])([CH3])[CH]3C(=Cc4c(-c5cc(C(C)(C)C)cc(C(C)(C)C)c5)cccc43)[Si]2(C2CCCC2)C2CCCC2)cc(C(C)(C)C)c1. The molecule has 0 radical (unpaired) electrons. The third-order valence-electron chi connectivity index (χ3n) is 16.5. The summed E-state index contributed by atoms with van der Waals surface area (Å²) in [5.74, 6) is 0. The van der Waals surface area contributed by atoms with Crippen molar-refractivity contribution in [1.29, 1.82) is 0 Å². The van der Waals surface area contributed by atoms with Crippen LogP contribution in [0.2, 0.25) is 20.4 Å². The fraction of sp³-hybridized carbons (Fsp3) is 0.517. The zero-order chi connectivity index (χ0) is 42.9. The van der Waals surface area contributed by atoms with E-state index < -0.39 is 28.0 Å². The summed E-state index contributed by atoms with van der Waals surface area (Å²) in [6.45, 7) is 28.7. The predicted octanol–water partition coefficient (Wildman–Crippen LogP) is 17.5. The normalized spacial score (nSPS) is 22.6. The van der Waals surface area contributed by atoms with Gasteiger partial charge < -0.3 is 0 Å². The number of allylic oxidation sites excluding steroid dienone is 2. The molecule has 4 aliphatic carbocycles. The van der Waals surface area contributed by atoms with Crippen LogP contribution in [0.4, 0.5) is 0 Å². The molecule has 0 aromatic heterocycles. The summed E-state index contributed by atoms with van der Waals surface area (Å²) in [7, 11) is -2.19. The molecule has 4 aromatic rings. The third-order valence-corrected chi connectivity index (χ3v) is 40.3. The van der Waals surface area contributed by atoms with Crippen molar-refractivity contribution in [2.24, 2.45) is 0 Å². The number of fused-ring (bicyclic) bond motifs is 6. The van der Waals surface area contributed by atoms with Crippen molar-refractivity contribution in [3.05, 3.63) is 128 Å². The second-order valence-corrected chi connectivity index (χ2v) is 46.7. The first-order chi connectivity index (χ1) is 28.0. The second kappa shape index (κ2) is 14.5. The van der Waals surface area contributed by atoms with Crippen LogP contribution in [0, 0.1) is 0 Å². The Labute approximate surface area is 371 Å². The van der Waals surface area contributed by atoms with E-state index in [1.54, 1.807) is 22.3 Å². The number of rotatable bonds is 4. The molecule has 0 bridgehead atoms. The van der Waals surface area contributed by atoms with Crippen molar-refractivity contribution in [3.63, 3.8) is 0 Å². The van der Waals surface area contributed by atoms with Crippen molar-refractivity contribution in [2.45, 2.75) is 184 Å². The van der Waals surface area contributed by atoms with E-state index >= 15 is 0 Å². The van der Waals surface area contributed by atoms with E-state index in [2.05, 4.69) is 177 Å². The van der Waals surface area contributed by atoms with Crippen molar-refractivity contribution in [2.75, 3.05) is 0 Å². The Hall–Kier alpha value is -2.55. The Morgan fingerprint density at radius 2 is 0.767 bits per heavy atom. The minimum atomic E-state index is -3.31. The molecule has 1 saturated heterocycles. The van der Waals surface area contributed by atoms with E-state index in [-0.39, 0.29) is 21.7 Å². The van der Waals surface area contributed by atoms with E-state index in [0.29, 0.717) is 7.35 Å².